The predicted molar refractivity (Wildman–Crippen MR) is 69.4 cm³/mol. The SMILES string of the molecule is CC1(CNC(=O)C2CCCNC2)CCCO1.Cl. The van der Waals surface area contributed by atoms with Gasteiger partial charge in [-0.05, 0) is 39.2 Å². The fourth-order valence-corrected chi connectivity index (χ4v) is 2.47. The summed E-state index contributed by atoms with van der Waals surface area (Å²) >= 11 is 0. The fraction of sp³-hybridized carbons (Fsp3) is 0.917. The first-order chi connectivity index (χ1) is 7.70. The van der Waals surface area contributed by atoms with Crippen LogP contribution in [0, 0.1) is 5.92 Å². The van der Waals surface area contributed by atoms with Crippen LogP contribution >= 0.6 is 12.4 Å². The largest absolute Gasteiger partial charge is 0.373 e. The van der Waals surface area contributed by atoms with Crippen molar-refractivity contribution in [3.8, 4) is 0 Å². The first-order valence-electron chi connectivity index (χ1n) is 6.32. The zero-order valence-electron chi connectivity index (χ0n) is 10.5. The molecule has 2 heterocycles. The topological polar surface area (TPSA) is 50.4 Å². The minimum atomic E-state index is -0.127. The number of piperidine rings is 1. The lowest BCUT2D eigenvalue weighted by Gasteiger charge is -2.26. The highest BCUT2D eigenvalue weighted by molar-refractivity contribution is 5.85. The smallest absolute Gasteiger partial charge is 0.224 e. The van der Waals surface area contributed by atoms with Gasteiger partial charge in [-0.2, -0.15) is 0 Å². The Morgan fingerprint density at radius 2 is 2.35 bits per heavy atom. The van der Waals surface area contributed by atoms with Crippen LogP contribution in [0.3, 0.4) is 0 Å². The highest BCUT2D eigenvalue weighted by Gasteiger charge is 2.31. The number of carbonyl (C=O) groups is 1. The third kappa shape index (κ3) is 4.12. The Kier molecular flexibility index (Phi) is 5.70. The van der Waals surface area contributed by atoms with E-state index in [1.165, 1.54) is 0 Å². The van der Waals surface area contributed by atoms with Crippen molar-refractivity contribution < 1.29 is 9.53 Å². The van der Waals surface area contributed by atoms with Crippen molar-refractivity contribution in [3.63, 3.8) is 0 Å². The second-order valence-electron chi connectivity index (χ2n) is 5.16. The average molecular weight is 263 g/mol. The van der Waals surface area contributed by atoms with E-state index in [4.69, 9.17) is 4.74 Å². The van der Waals surface area contributed by atoms with Crippen molar-refractivity contribution in [2.45, 2.75) is 38.2 Å². The van der Waals surface area contributed by atoms with Crippen molar-refractivity contribution in [3.05, 3.63) is 0 Å². The number of carbonyl (C=O) groups excluding carboxylic acids is 1. The summed E-state index contributed by atoms with van der Waals surface area (Å²) in [7, 11) is 0. The minimum absolute atomic E-state index is 0. The van der Waals surface area contributed by atoms with Crippen LogP contribution in [0.1, 0.15) is 32.6 Å². The maximum atomic E-state index is 11.9. The second-order valence-corrected chi connectivity index (χ2v) is 5.16. The molecule has 2 atom stereocenters. The molecular formula is C12H23ClN2O2. The van der Waals surface area contributed by atoms with E-state index in [0.717, 1.165) is 45.4 Å². The molecule has 2 N–H and O–H groups in total. The molecule has 2 aliphatic heterocycles. The summed E-state index contributed by atoms with van der Waals surface area (Å²) in [5.74, 6) is 0.336. The van der Waals surface area contributed by atoms with Crippen molar-refractivity contribution >= 4 is 18.3 Å². The van der Waals surface area contributed by atoms with Gasteiger partial charge in [0.25, 0.3) is 0 Å². The molecule has 0 aromatic heterocycles. The van der Waals surface area contributed by atoms with Crippen LogP contribution < -0.4 is 10.6 Å². The van der Waals surface area contributed by atoms with E-state index >= 15 is 0 Å². The zero-order chi connectivity index (χ0) is 11.4. The summed E-state index contributed by atoms with van der Waals surface area (Å²) in [6.45, 7) is 5.44. The number of hydrogen-bond donors (Lipinski definition) is 2. The Hall–Kier alpha value is -0.320. The van der Waals surface area contributed by atoms with Gasteiger partial charge in [0.2, 0.25) is 5.91 Å². The molecule has 2 unspecified atom stereocenters. The minimum Gasteiger partial charge on any atom is -0.373 e. The molecule has 100 valence electrons. The first-order valence-corrected chi connectivity index (χ1v) is 6.32. The van der Waals surface area contributed by atoms with Gasteiger partial charge >= 0.3 is 0 Å². The molecule has 2 rings (SSSR count). The fourth-order valence-electron chi connectivity index (χ4n) is 2.47. The molecular weight excluding hydrogens is 240 g/mol. The highest BCUT2D eigenvalue weighted by atomic mass is 35.5. The summed E-state index contributed by atoms with van der Waals surface area (Å²) in [6.07, 6.45) is 4.27. The molecule has 0 spiro atoms. The molecule has 2 saturated heterocycles. The third-order valence-corrected chi connectivity index (χ3v) is 3.60. The Morgan fingerprint density at radius 3 is 2.94 bits per heavy atom. The van der Waals surface area contributed by atoms with E-state index in [-0.39, 0.29) is 29.8 Å². The number of nitrogens with one attached hydrogen (secondary N) is 2. The Balaban J connectivity index is 0.00000144. The molecule has 1 amide bonds. The summed E-state index contributed by atoms with van der Waals surface area (Å²) in [4.78, 5) is 11.9. The van der Waals surface area contributed by atoms with Crippen LogP contribution in [0.4, 0.5) is 0 Å². The molecule has 17 heavy (non-hydrogen) atoms. The quantitative estimate of drug-likeness (QED) is 0.801. The van der Waals surface area contributed by atoms with Gasteiger partial charge in [-0.3, -0.25) is 4.79 Å². The molecule has 0 aromatic carbocycles. The van der Waals surface area contributed by atoms with Crippen LogP contribution in [0.2, 0.25) is 0 Å². The van der Waals surface area contributed by atoms with E-state index in [1.807, 2.05) is 0 Å². The van der Waals surface area contributed by atoms with E-state index in [1.54, 1.807) is 0 Å². The van der Waals surface area contributed by atoms with Crippen LogP contribution in [-0.4, -0.2) is 37.7 Å². The van der Waals surface area contributed by atoms with Gasteiger partial charge in [-0.15, -0.1) is 12.4 Å². The Labute approximate surface area is 109 Å². The molecule has 0 radical (unpaired) electrons. The normalized spacial score (nSPS) is 32.9. The average Bonchev–Trinajstić information content (AvgIpc) is 2.75. The van der Waals surface area contributed by atoms with Gasteiger partial charge in [0.15, 0.2) is 0 Å². The maximum Gasteiger partial charge on any atom is 0.224 e. The van der Waals surface area contributed by atoms with Crippen LogP contribution in [0.15, 0.2) is 0 Å². The third-order valence-electron chi connectivity index (χ3n) is 3.60. The van der Waals surface area contributed by atoms with Crippen LogP contribution in [0.25, 0.3) is 0 Å². The Bertz CT molecular complexity index is 249. The molecule has 4 nitrogen and oxygen atoms in total. The summed E-state index contributed by atoms with van der Waals surface area (Å²) in [5.41, 5.74) is -0.127. The van der Waals surface area contributed by atoms with E-state index < -0.39 is 0 Å². The monoisotopic (exact) mass is 262 g/mol. The highest BCUT2D eigenvalue weighted by Crippen LogP contribution is 2.24. The van der Waals surface area contributed by atoms with Crippen molar-refractivity contribution in [2.75, 3.05) is 26.2 Å². The predicted octanol–water partition coefficient (Wildman–Crippen LogP) is 1.09. The molecule has 2 fully saturated rings. The van der Waals surface area contributed by atoms with E-state index in [9.17, 15) is 4.79 Å². The van der Waals surface area contributed by atoms with Gasteiger partial charge in [-0.1, -0.05) is 0 Å². The van der Waals surface area contributed by atoms with Crippen LogP contribution in [0.5, 0.6) is 0 Å². The molecule has 2 aliphatic rings. The van der Waals surface area contributed by atoms with Crippen LogP contribution in [-0.2, 0) is 9.53 Å². The zero-order valence-corrected chi connectivity index (χ0v) is 11.3. The number of amides is 1. The molecule has 5 heteroatoms. The van der Waals surface area contributed by atoms with Gasteiger partial charge in [0, 0.05) is 19.7 Å². The molecule has 0 aromatic rings. The van der Waals surface area contributed by atoms with Crippen molar-refractivity contribution in [1.82, 2.24) is 10.6 Å². The standard InChI is InChI=1S/C12H22N2O2.ClH/c1-12(5-3-7-16-12)9-14-11(15)10-4-2-6-13-8-10;/h10,13H,2-9H2,1H3,(H,14,15);1H. The molecule has 0 bridgehead atoms. The summed E-state index contributed by atoms with van der Waals surface area (Å²) in [5, 5.41) is 6.29. The molecule has 0 aliphatic carbocycles. The lowest BCUT2D eigenvalue weighted by atomic mass is 9.97. The number of halogens is 1. The van der Waals surface area contributed by atoms with Gasteiger partial charge in [0.1, 0.15) is 0 Å². The van der Waals surface area contributed by atoms with E-state index in [0.29, 0.717) is 6.54 Å². The maximum absolute atomic E-state index is 11.9. The number of rotatable bonds is 3. The Morgan fingerprint density at radius 1 is 1.53 bits per heavy atom. The van der Waals surface area contributed by atoms with Gasteiger partial charge in [0.05, 0.1) is 11.5 Å². The van der Waals surface area contributed by atoms with Crippen molar-refractivity contribution in [2.24, 2.45) is 5.92 Å². The summed E-state index contributed by atoms with van der Waals surface area (Å²) in [6, 6.07) is 0. The molecule has 0 saturated carbocycles. The van der Waals surface area contributed by atoms with Gasteiger partial charge < -0.3 is 15.4 Å². The lowest BCUT2D eigenvalue weighted by Crippen LogP contribution is -2.45. The van der Waals surface area contributed by atoms with Gasteiger partial charge in [-0.25, -0.2) is 0 Å². The first kappa shape index (κ1) is 14.7. The number of hydrogen-bond acceptors (Lipinski definition) is 3. The summed E-state index contributed by atoms with van der Waals surface area (Å²) < 4.78 is 5.65. The van der Waals surface area contributed by atoms with E-state index in [2.05, 4.69) is 17.6 Å². The second kappa shape index (κ2) is 6.57. The lowest BCUT2D eigenvalue weighted by molar-refractivity contribution is -0.126. The van der Waals surface area contributed by atoms with Crippen molar-refractivity contribution in [1.29, 1.82) is 0 Å². The number of ether oxygens (including phenoxy) is 1.